The highest BCUT2D eigenvalue weighted by atomic mass is 16.4. The Morgan fingerprint density at radius 2 is 2.17 bits per heavy atom. The van der Waals surface area contributed by atoms with Crippen LogP contribution < -0.4 is 0 Å². The van der Waals surface area contributed by atoms with Gasteiger partial charge in [-0.1, -0.05) is 49.8 Å². The Morgan fingerprint density at radius 1 is 1.52 bits per heavy atom. The van der Waals surface area contributed by atoms with E-state index in [4.69, 9.17) is 0 Å². The predicted molar refractivity (Wildman–Crippen MR) is 93.0 cm³/mol. The molecule has 128 valence electrons. The maximum absolute atomic E-state index is 12.4. The zero-order valence-corrected chi connectivity index (χ0v) is 14.8. The summed E-state index contributed by atoms with van der Waals surface area (Å²) in [5, 5.41) is 21.0. The number of carbonyl (C=O) groups is 1. The summed E-state index contributed by atoms with van der Waals surface area (Å²) in [4.78, 5) is 12.4. The molecule has 0 aromatic heterocycles. The van der Waals surface area contributed by atoms with Gasteiger partial charge in [-0.2, -0.15) is 0 Å². The SMILES string of the molecule is C=C/C(C)=C\C[C@@]1(C(=O)O)[C@@H]2CCC=C(C)[C@@]2(C)[C@H](O)C[C@@H]1C. The molecular formula is C20H30O3. The van der Waals surface area contributed by atoms with Crippen molar-refractivity contribution in [1.29, 1.82) is 0 Å². The summed E-state index contributed by atoms with van der Waals surface area (Å²) < 4.78 is 0. The number of hydrogen-bond donors (Lipinski definition) is 2. The van der Waals surface area contributed by atoms with Crippen LogP contribution in [-0.2, 0) is 4.79 Å². The number of fused-ring (bicyclic) bond motifs is 1. The Hall–Kier alpha value is -1.35. The van der Waals surface area contributed by atoms with E-state index in [-0.39, 0.29) is 11.8 Å². The summed E-state index contributed by atoms with van der Waals surface area (Å²) in [5.74, 6) is -0.839. The average molecular weight is 318 g/mol. The molecule has 0 aliphatic heterocycles. The van der Waals surface area contributed by atoms with Crippen LogP contribution in [0.3, 0.4) is 0 Å². The third-order valence-electron chi connectivity index (χ3n) is 6.73. The lowest BCUT2D eigenvalue weighted by molar-refractivity contribution is -0.179. The molecule has 1 fully saturated rings. The molecular weight excluding hydrogens is 288 g/mol. The molecule has 5 atom stereocenters. The van der Waals surface area contributed by atoms with Crippen molar-refractivity contribution in [2.45, 2.75) is 59.5 Å². The molecule has 2 rings (SSSR count). The largest absolute Gasteiger partial charge is 0.481 e. The van der Waals surface area contributed by atoms with Crippen molar-refractivity contribution < 1.29 is 15.0 Å². The van der Waals surface area contributed by atoms with Crippen LogP contribution in [0.1, 0.15) is 53.4 Å². The van der Waals surface area contributed by atoms with Crippen LogP contribution in [0.5, 0.6) is 0 Å². The Kier molecular flexibility index (Phi) is 4.91. The zero-order valence-electron chi connectivity index (χ0n) is 14.8. The number of carboxylic acid groups (broad SMARTS) is 1. The number of allylic oxidation sites excluding steroid dienone is 4. The first-order valence-corrected chi connectivity index (χ1v) is 8.59. The van der Waals surface area contributed by atoms with Gasteiger partial charge in [0.15, 0.2) is 0 Å². The molecule has 0 heterocycles. The van der Waals surface area contributed by atoms with E-state index in [1.165, 1.54) is 0 Å². The van der Waals surface area contributed by atoms with Gasteiger partial charge in [-0.05, 0) is 51.4 Å². The summed E-state index contributed by atoms with van der Waals surface area (Å²) in [5.41, 5.74) is 0.879. The third kappa shape index (κ3) is 2.59. The highest BCUT2D eigenvalue weighted by molar-refractivity contribution is 5.76. The zero-order chi connectivity index (χ0) is 17.4. The quantitative estimate of drug-likeness (QED) is 0.599. The monoisotopic (exact) mass is 318 g/mol. The fraction of sp³-hybridized carbons (Fsp3) is 0.650. The number of hydrogen-bond acceptors (Lipinski definition) is 2. The van der Waals surface area contributed by atoms with E-state index in [9.17, 15) is 15.0 Å². The minimum Gasteiger partial charge on any atom is -0.481 e. The minimum atomic E-state index is -0.826. The van der Waals surface area contributed by atoms with Crippen LogP contribution in [0.2, 0.25) is 0 Å². The topological polar surface area (TPSA) is 57.5 Å². The highest BCUT2D eigenvalue weighted by Crippen LogP contribution is 2.61. The lowest BCUT2D eigenvalue weighted by atomic mass is 9.45. The van der Waals surface area contributed by atoms with Crippen LogP contribution in [-0.4, -0.2) is 22.3 Å². The van der Waals surface area contributed by atoms with Crippen molar-refractivity contribution in [3.05, 3.63) is 36.0 Å². The first kappa shape index (κ1) is 18.0. The number of rotatable bonds is 4. The van der Waals surface area contributed by atoms with E-state index in [0.29, 0.717) is 12.8 Å². The molecule has 1 saturated carbocycles. The molecule has 0 aromatic rings. The van der Waals surface area contributed by atoms with Gasteiger partial charge in [0.05, 0.1) is 11.5 Å². The van der Waals surface area contributed by atoms with Gasteiger partial charge >= 0.3 is 5.97 Å². The number of aliphatic hydroxyl groups excluding tert-OH is 1. The van der Waals surface area contributed by atoms with E-state index < -0.39 is 22.9 Å². The summed E-state index contributed by atoms with van der Waals surface area (Å²) >= 11 is 0. The molecule has 0 amide bonds. The first-order chi connectivity index (χ1) is 10.7. The molecule has 2 aliphatic carbocycles. The Bertz CT molecular complexity index is 559. The Balaban J connectivity index is 2.57. The van der Waals surface area contributed by atoms with Crippen molar-refractivity contribution in [2.24, 2.45) is 22.7 Å². The summed E-state index contributed by atoms with van der Waals surface area (Å²) in [6, 6.07) is 0. The molecule has 3 heteroatoms. The van der Waals surface area contributed by atoms with Gasteiger partial charge < -0.3 is 10.2 Å². The summed E-state index contributed by atoms with van der Waals surface area (Å²) in [7, 11) is 0. The van der Waals surface area contributed by atoms with Crippen LogP contribution in [0.15, 0.2) is 36.0 Å². The lowest BCUT2D eigenvalue weighted by Gasteiger charge is -2.58. The maximum Gasteiger partial charge on any atom is 0.310 e. The standard InChI is InChI=1S/C20H30O3/c1-6-13(2)10-11-20(18(22)23)15(4)12-17(21)19(5)14(3)8-7-9-16(19)20/h6,8,10,15-17,21H,1,7,9,11-12H2,2-5H3,(H,22,23)/b13-10-/t15-,16+,17+,19+,20-/m0/s1. The van der Waals surface area contributed by atoms with Gasteiger partial charge in [0, 0.05) is 5.41 Å². The van der Waals surface area contributed by atoms with Gasteiger partial charge in [0.1, 0.15) is 0 Å². The summed E-state index contributed by atoms with van der Waals surface area (Å²) in [6.07, 6.45) is 8.22. The second-order valence-corrected chi connectivity index (χ2v) is 7.65. The molecule has 2 N–H and O–H groups in total. The lowest BCUT2D eigenvalue weighted by Crippen LogP contribution is -2.60. The molecule has 0 saturated heterocycles. The molecule has 0 radical (unpaired) electrons. The summed E-state index contributed by atoms with van der Waals surface area (Å²) in [6.45, 7) is 11.8. The molecule has 0 bridgehead atoms. The van der Waals surface area contributed by atoms with Crippen molar-refractivity contribution in [1.82, 2.24) is 0 Å². The fourth-order valence-electron chi connectivity index (χ4n) is 4.89. The Labute approximate surface area is 139 Å². The predicted octanol–water partition coefficient (Wildman–Crippen LogP) is 4.34. The molecule has 0 aromatic carbocycles. The maximum atomic E-state index is 12.4. The average Bonchev–Trinajstić information content (AvgIpc) is 2.49. The van der Waals surface area contributed by atoms with E-state index in [0.717, 1.165) is 24.0 Å². The molecule has 23 heavy (non-hydrogen) atoms. The number of aliphatic hydroxyl groups is 1. The second kappa shape index (κ2) is 6.27. The molecule has 3 nitrogen and oxygen atoms in total. The highest BCUT2D eigenvalue weighted by Gasteiger charge is 2.62. The van der Waals surface area contributed by atoms with Crippen molar-refractivity contribution in [2.75, 3.05) is 0 Å². The van der Waals surface area contributed by atoms with E-state index >= 15 is 0 Å². The van der Waals surface area contributed by atoms with E-state index in [1.54, 1.807) is 6.08 Å². The smallest absolute Gasteiger partial charge is 0.310 e. The fourth-order valence-corrected chi connectivity index (χ4v) is 4.89. The van der Waals surface area contributed by atoms with Gasteiger partial charge in [-0.25, -0.2) is 0 Å². The minimum absolute atomic E-state index is 0.0508. The van der Waals surface area contributed by atoms with Crippen LogP contribution >= 0.6 is 0 Å². The third-order valence-corrected chi connectivity index (χ3v) is 6.73. The normalized spacial score (nSPS) is 41.0. The second-order valence-electron chi connectivity index (χ2n) is 7.65. The molecule has 2 aliphatic rings. The van der Waals surface area contributed by atoms with Crippen molar-refractivity contribution in [3.8, 4) is 0 Å². The number of aliphatic carboxylic acids is 1. The number of carboxylic acids is 1. The van der Waals surface area contributed by atoms with Crippen molar-refractivity contribution in [3.63, 3.8) is 0 Å². The van der Waals surface area contributed by atoms with E-state index in [2.05, 4.69) is 19.6 Å². The van der Waals surface area contributed by atoms with Crippen LogP contribution in [0.25, 0.3) is 0 Å². The molecule has 0 spiro atoms. The van der Waals surface area contributed by atoms with Crippen LogP contribution in [0, 0.1) is 22.7 Å². The van der Waals surface area contributed by atoms with Crippen LogP contribution in [0.4, 0.5) is 0 Å². The van der Waals surface area contributed by atoms with Gasteiger partial charge in [0.2, 0.25) is 0 Å². The van der Waals surface area contributed by atoms with Gasteiger partial charge in [-0.15, -0.1) is 0 Å². The van der Waals surface area contributed by atoms with Crippen molar-refractivity contribution >= 4 is 5.97 Å². The Morgan fingerprint density at radius 3 is 2.74 bits per heavy atom. The molecule has 0 unspecified atom stereocenters. The first-order valence-electron chi connectivity index (χ1n) is 8.59. The van der Waals surface area contributed by atoms with Gasteiger partial charge in [-0.3, -0.25) is 4.79 Å². The van der Waals surface area contributed by atoms with Gasteiger partial charge in [0.25, 0.3) is 0 Å². The van der Waals surface area contributed by atoms with E-state index in [1.807, 2.05) is 26.8 Å².